The van der Waals surface area contributed by atoms with Gasteiger partial charge in [0.25, 0.3) is 11.8 Å². The zero-order chi connectivity index (χ0) is 32.3. The van der Waals surface area contributed by atoms with Gasteiger partial charge < -0.3 is 20.8 Å². The number of anilines is 2. The Kier molecular flexibility index (Phi) is 10.6. The van der Waals surface area contributed by atoms with Crippen molar-refractivity contribution in [1.29, 1.82) is 5.26 Å². The molecule has 0 radical (unpaired) electrons. The maximum atomic E-state index is 12.7. The molecule has 0 heterocycles. The lowest BCUT2D eigenvalue weighted by Crippen LogP contribution is -2.34. The molecule has 224 valence electrons. The number of rotatable bonds is 4. The molecule has 0 spiro atoms. The van der Waals surface area contributed by atoms with Crippen molar-refractivity contribution in [3.05, 3.63) is 119 Å². The number of nitrogens with one attached hydrogen (secondary N) is 4. The Hall–Kier alpha value is -6.36. The molecule has 0 atom stereocenters. The van der Waals surface area contributed by atoms with Gasteiger partial charge in [-0.05, 0) is 54.6 Å². The van der Waals surface area contributed by atoms with E-state index in [1.807, 2.05) is 16.7 Å². The molecule has 6 N–H and O–H groups in total. The van der Waals surface area contributed by atoms with E-state index < -0.39 is 47.1 Å². The average Bonchev–Trinajstić information content (AvgIpc) is 2.99. The first-order valence-corrected chi connectivity index (χ1v) is 12.4. The Balaban J connectivity index is 0.000000241. The van der Waals surface area contributed by atoms with Crippen LogP contribution in [0.5, 0.6) is 11.5 Å². The van der Waals surface area contributed by atoms with E-state index in [0.717, 1.165) is 12.1 Å². The smallest absolute Gasteiger partial charge is 0.420 e. The number of amides is 6. The maximum absolute atomic E-state index is 12.7. The zero-order valence-corrected chi connectivity index (χ0v) is 22.3. The Bertz CT molecular complexity index is 1710. The Labute approximate surface area is 247 Å². The molecule has 0 aromatic heterocycles. The van der Waals surface area contributed by atoms with E-state index in [4.69, 9.17) is 5.26 Å². The largest absolute Gasteiger partial charge is 0.506 e. The Morgan fingerprint density at radius 2 is 1.16 bits per heavy atom. The number of phenols is 2. The summed E-state index contributed by atoms with van der Waals surface area (Å²) < 4.78 is 38.0. The minimum Gasteiger partial charge on any atom is -0.506 e. The average molecular weight is 606 g/mol. The fourth-order valence-electron chi connectivity index (χ4n) is 3.42. The Morgan fingerprint density at radius 3 is 1.61 bits per heavy atom. The number of halogens is 3. The highest BCUT2D eigenvalue weighted by atomic mass is 19.4. The number of urea groups is 2. The van der Waals surface area contributed by atoms with Crippen LogP contribution in [0.25, 0.3) is 0 Å². The molecule has 0 aliphatic rings. The number of carbonyl (C=O) groups excluding carboxylic acids is 4. The lowest BCUT2D eigenvalue weighted by molar-refractivity contribution is -0.138. The van der Waals surface area contributed by atoms with Gasteiger partial charge >= 0.3 is 18.2 Å². The Morgan fingerprint density at radius 1 is 0.659 bits per heavy atom. The van der Waals surface area contributed by atoms with Gasteiger partial charge in [-0.15, -0.1) is 0 Å². The van der Waals surface area contributed by atoms with E-state index in [1.54, 1.807) is 48.5 Å². The van der Waals surface area contributed by atoms with Crippen molar-refractivity contribution in [3.8, 4) is 17.6 Å². The second-order valence-corrected chi connectivity index (χ2v) is 8.59. The fourth-order valence-corrected chi connectivity index (χ4v) is 3.42. The number of alkyl halides is 3. The lowest BCUT2D eigenvalue weighted by Gasteiger charge is -2.13. The van der Waals surface area contributed by atoms with Gasteiger partial charge in [-0.25, -0.2) is 9.59 Å². The van der Waals surface area contributed by atoms with Crippen molar-refractivity contribution in [3.63, 3.8) is 0 Å². The number of aromatic hydroxyl groups is 2. The summed E-state index contributed by atoms with van der Waals surface area (Å²) in [7, 11) is 0. The van der Waals surface area contributed by atoms with Crippen molar-refractivity contribution in [2.75, 3.05) is 10.6 Å². The van der Waals surface area contributed by atoms with Crippen LogP contribution in [0.4, 0.5) is 34.1 Å². The van der Waals surface area contributed by atoms with Crippen LogP contribution in [0, 0.1) is 11.3 Å². The second kappa shape index (κ2) is 14.5. The van der Waals surface area contributed by atoms with Gasteiger partial charge in [0.1, 0.15) is 5.75 Å². The maximum Gasteiger partial charge on any atom is 0.420 e. The summed E-state index contributed by atoms with van der Waals surface area (Å²) in [6.07, 6.45) is -4.77. The first kappa shape index (κ1) is 32.2. The van der Waals surface area contributed by atoms with Gasteiger partial charge in [0.2, 0.25) is 0 Å². The molecular formula is C30H22F3N5O6. The van der Waals surface area contributed by atoms with E-state index >= 15 is 0 Å². The molecule has 0 saturated carbocycles. The lowest BCUT2D eigenvalue weighted by atomic mass is 10.1. The number of imide groups is 2. The van der Waals surface area contributed by atoms with E-state index in [9.17, 15) is 42.6 Å². The van der Waals surface area contributed by atoms with Crippen molar-refractivity contribution in [1.82, 2.24) is 10.6 Å². The third kappa shape index (κ3) is 9.08. The van der Waals surface area contributed by atoms with Crippen LogP contribution in [0.3, 0.4) is 0 Å². The standard InChI is InChI=1S/C15H11F3N2O3.C15H11N3O3/c16-15(17,18)10-7-4-8-11(12(10)21)19-14(23)20-13(22)9-5-2-1-3-6-9;16-9-10-6-7-12(13(19)8-10)17-15(21)18-14(20)11-4-2-1-3-5-11/h1-8,21H,(H2,19,20,22,23);1-8,19H,(H2,17,18,20,21). The molecule has 0 bridgehead atoms. The van der Waals surface area contributed by atoms with Crippen molar-refractivity contribution < 1.29 is 42.6 Å². The van der Waals surface area contributed by atoms with E-state index in [-0.39, 0.29) is 22.6 Å². The third-order valence-electron chi connectivity index (χ3n) is 5.49. The summed E-state index contributed by atoms with van der Waals surface area (Å²) >= 11 is 0. The van der Waals surface area contributed by atoms with Gasteiger partial charge in [0.05, 0.1) is 28.6 Å². The summed E-state index contributed by atoms with van der Waals surface area (Å²) in [4.78, 5) is 46.9. The van der Waals surface area contributed by atoms with E-state index in [1.165, 1.54) is 30.3 Å². The summed E-state index contributed by atoms with van der Waals surface area (Å²) in [5, 5.41) is 36.3. The normalized spacial score (nSPS) is 10.2. The highest BCUT2D eigenvalue weighted by molar-refractivity contribution is 6.09. The van der Waals surface area contributed by atoms with Crippen molar-refractivity contribution in [2.45, 2.75) is 6.18 Å². The molecule has 4 rings (SSSR count). The number of carbonyl (C=O) groups is 4. The first-order valence-electron chi connectivity index (χ1n) is 12.4. The summed E-state index contributed by atoms with van der Waals surface area (Å²) in [5.41, 5.74) is -0.832. The van der Waals surface area contributed by atoms with Gasteiger partial charge in [-0.3, -0.25) is 20.2 Å². The number of nitrogens with zero attached hydrogens (tertiary/aromatic N) is 1. The molecule has 6 amide bonds. The van der Waals surface area contributed by atoms with Crippen LogP contribution in [-0.4, -0.2) is 34.1 Å². The predicted molar refractivity (Wildman–Crippen MR) is 152 cm³/mol. The number of phenolic OH excluding ortho intramolecular Hbond substituents is 2. The van der Waals surface area contributed by atoms with Crippen LogP contribution < -0.4 is 21.3 Å². The van der Waals surface area contributed by atoms with Crippen LogP contribution in [0.15, 0.2) is 97.1 Å². The van der Waals surface area contributed by atoms with Crippen LogP contribution in [0.1, 0.15) is 31.8 Å². The predicted octanol–water partition coefficient (Wildman–Crippen LogP) is 5.60. The van der Waals surface area contributed by atoms with Gasteiger partial charge in [0, 0.05) is 11.1 Å². The molecule has 4 aromatic rings. The van der Waals surface area contributed by atoms with E-state index in [2.05, 4.69) is 10.6 Å². The summed E-state index contributed by atoms with van der Waals surface area (Å²) in [6.45, 7) is 0. The fraction of sp³-hybridized carbons (Fsp3) is 0.0333. The highest BCUT2D eigenvalue weighted by Gasteiger charge is 2.34. The van der Waals surface area contributed by atoms with Gasteiger partial charge in [0.15, 0.2) is 5.75 Å². The minimum atomic E-state index is -4.77. The molecule has 44 heavy (non-hydrogen) atoms. The number of hydrogen-bond donors (Lipinski definition) is 6. The van der Waals surface area contributed by atoms with Crippen LogP contribution >= 0.6 is 0 Å². The molecule has 14 heteroatoms. The van der Waals surface area contributed by atoms with Crippen molar-refractivity contribution >= 4 is 35.3 Å². The monoisotopic (exact) mass is 605 g/mol. The SMILES string of the molecule is N#Cc1ccc(NC(=O)NC(=O)c2ccccc2)c(O)c1.O=C(NC(=O)c1ccccc1)Nc1cccc(C(F)(F)F)c1O. The molecule has 0 aliphatic heterocycles. The van der Waals surface area contributed by atoms with Crippen molar-refractivity contribution in [2.24, 2.45) is 0 Å². The summed E-state index contributed by atoms with van der Waals surface area (Å²) in [6, 6.07) is 22.9. The molecule has 0 aliphatic carbocycles. The van der Waals surface area contributed by atoms with Crippen LogP contribution in [0.2, 0.25) is 0 Å². The number of para-hydroxylation sites is 1. The molecule has 11 nitrogen and oxygen atoms in total. The molecule has 0 unspecified atom stereocenters. The number of nitriles is 1. The molecule has 0 saturated heterocycles. The van der Waals surface area contributed by atoms with Gasteiger partial charge in [-0.2, -0.15) is 18.4 Å². The quantitative estimate of drug-likeness (QED) is 0.164. The second-order valence-electron chi connectivity index (χ2n) is 8.59. The first-order chi connectivity index (χ1) is 20.9. The topological polar surface area (TPSA) is 181 Å². The highest BCUT2D eigenvalue weighted by Crippen LogP contribution is 2.39. The molecule has 0 fully saturated rings. The molecule has 4 aromatic carbocycles. The summed E-state index contributed by atoms with van der Waals surface area (Å²) in [5.74, 6) is -2.66. The van der Waals surface area contributed by atoms with E-state index in [0.29, 0.717) is 11.6 Å². The molecular weight excluding hydrogens is 583 g/mol. The van der Waals surface area contributed by atoms with Gasteiger partial charge in [-0.1, -0.05) is 42.5 Å². The zero-order valence-electron chi connectivity index (χ0n) is 22.3. The number of benzene rings is 4. The minimum absolute atomic E-state index is 0.104. The number of hydrogen-bond acceptors (Lipinski definition) is 7. The van der Waals surface area contributed by atoms with Crippen LogP contribution in [-0.2, 0) is 6.18 Å². The third-order valence-corrected chi connectivity index (χ3v) is 5.49.